The number of rotatable bonds is 2. The van der Waals surface area contributed by atoms with Gasteiger partial charge in [-0.15, -0.1) is 0 Å². The largest absolute Gasteiger partial charge is 0.496 e. The van der Waals surface area contributed by atoms with Crippen LogP contribution in [-0.2, 0) is 4.74 Å². The summed E-state index contributed by atoms with van der Waals surface area (Å²) in [5.41, 5.74) is 2.43. The van der Waals surface area contributed by atoms with Crippen molar-refractivity contribution in [3.05, 3.63) is 29.3 Å². The van der Waals surface area contributed by atoms with E-state index in [2.05, 4.69) is 24.4 Å². The van der Waals surface area contributed by atoms with E-state index in [4.69, 9.17) is 9.47 Å². The summed E-state index contributed by atoms with van der Waals surface area (Å²) in [6.45, 7) is 3.88. The summed E-state index contributed by atoms with van der Waals surface area (Å²) in [6, 6.07) is 6.97. The molecule has 0 aromatic heterocycles. The fourth-order valence-electron chi connectivity index (χ4n) is 3.54. The number of fused-ring (bicyclic) bond motifs is 1. The smallest absolute Gasteiger partial charge is 0.124 e. The van der Waals surface area contributed by atoms with E-state index in [0.717, 1.165) is 18.9 Å². The molecule has 3 nitrogen and oxygen atoms in total. The number of benzene rings is 1. The Morgan fingerprint density at radius 1 is 1.25 bits per heavy atom. The van der Waals surface area contributed by atoms with Crippen LogP contribution in [0.5, 0.6) is 5.75 Å². The highest BCUT2D eigenvalue weighted by molar-refractivity contribution is 5.38. The first-order chi connectivity index (χ1) is 9.78. The lowest BCUT2D eigenvalue weighted by Gasteiger charge is -2.29. The van der Waals surface area contributed by atoms with Gasteiger partial charge in [0.2, 0.25) is 0 Å². The van der Waals surface area contributed by atoms with Gasteiger partial charge in [0.25, 0.3) is 0 Å². The Labute approximate surface area is 121 Å². The molecule has 1 heterocycles. The third-order valence-corrected chi connectivity index (χ3v) is 4.72. The molecule has 3 heteroatoms. The average Bonchev–Trinajstić information content (AvgIpc) is 2.70. The topological polar surface area (TPSA) is 30.5 Å². The van der Waals surface area contributed by atoms with Crippen molar-refractivity contribution >= 4 is 0 Å². The normalized spacial score (nSPS) is 30.4. The highest BCUT2D eigenvalue weighted by atomic mass is 16.5. The van der Waals surface area contributed by atoms with Crippen LogP contribution in [0.3, 0.4) is 0 Å². The van der Waals surface area contributed by atoms with Crippen molar-refractivity contribution in [3.63, 3.8) is 0 Å². The Morgan fingerprint density at radius 3 is 2.95 bits per heavy atom. The maximum absolute atomic E-state index is 6.21. The molecule has 0 bridgehead atoms. The summed E-state index contributed by atoms with van der Waals surface area (Å²) in [6.07, 6.45) is 5.41. The molecule has 0 amide bonds. The number of ether oxygens (including phenoxy) is 2. The summed E-state index contributed by atoms with van der Waals surface area (Å²) in [7, 11) is 1.73. The number of hydrogen-bond acceptors (Lipinski definition) is 3. The van der Waals surface area contributed by atoms with Crippen LogP contribution in [-0.4, -0.2) is 26.3 Å². The van der Waals surface area contributed by atoms with Gasteiger partial charge in [-0.3, -0.25) is 0 Å². The second kappa shape index (κ2) is 6.15. The summed E-state index contributed by atoms with van der Waals surface area (Å²) >= 11 is 0. The molecule has 1 aliphatic heterocycles. The first kappa shape index (κ1) is 13.9. The van der Waals surface area contributed by atoms with Gasteiger partial charge in [0.15, 0.2) is 0 Å². The second-order valence-electron chi connectivity index (χ2n) is 6.13. The van der Waals surface area contributed by atoms with Crippen LogP contribution in [0.25, 0.3) is 0 Å². The average molecular weight is 275 g/mol. The summed E-state index contributed by atoms with van der Waals surface area (Å²) in [5, 5.41) is 3.72. The van der Waals surface area contributed by atoms with Crippen LogP contribution in [0.1, 0.15) is 42.9 Å². The summed E-state index contributed by atoms with van der Waals surface area (Å²) in [5.74, 6) is 1.62. The Morgan fingerprint density at radius 2 is 2.10 bits per heavy atom. The number of nitrogens with one attached hydrogen (secondary N) is 1. The molecule has 1 aromatic rings. The van der Waals surface area contributed by atoms with E-state index in [0.29, 0.717) is 12.0 Å². The van der Waals surface area contributed by atoms with Crippen LogP contribution in [0.4, 0.5) is 0 Å². The molecular formula is C17H25NO2. The summed E-state index contributed by atoms with van der Waals surface area (Å²) < 4.78 is 11.7. The number of aryl methyl sites for hydroxylation is 1. The van der Waals surface area contributed by atoms with E-state index in [1.807, 2.05) is 6.07 Å². The van der Waals surface area contributed by atoms with Crippen molar-refractivity contribution in [2.75, 3.05) is 20.3 Å². The Kier molecular flexibility index (Phi) is 4.27. The molecule has 1 saturated heterocycles. The van der Waals surface area contributed by atoms with Gasteiger partial charge in [0.05, 0.1) is 19.8 Å². The Balaban J connectivity index is 1.79. The van der Waals surface area contributed by atoms with Gasteiger partial charge >= 0.3 is 0 Å². The number of methoxy groups -OCH3 is 1. The standard InChI is InChI=1S/C17H25NO2/c1-12-7-8-16(19-2)14(9-12)17-10-18-15-6-4-3-5-13(15)11-20-17/h7-9,13,15,17-18H,3-6,10-11H2,1-2H3. The zero-order chi connectivity index (χ0) is 13.9. The molecule has 1 aromatic carbocycles. The molecule has 1 saturated carbocycles. The molecule has 3 rings (SSSR count). The van der Waals surface area contributed by atoms with E-state index >= 15 is 0 Å². The molecule has 0 radical (unpaired) electrons. The van der Waals surface area contributed by atoms with Crippen molar-refractivity contribution in [2.24, 2.45) is 5.92 Å². The van der Waals surface area contributed by atoms with E-state index in [-0.39, 0.29) is 6.10 Å². The van der Waals surface area contributed by atoms with Crippen LogP contribution in [0, 0.1) is 12.8 Å². The first-order valence-electron chi connectivity index (χ1n) is 7.77. The lowest BCUT2D eigenvalue weighted by molar-refractivity contribution is 0.0388. The lowest BCUT2D eigenvalue weighted by Crippen LogP contribution is -2.38. The Bertz CT molecular complexity index is 444. The van der Waals surface area contributed by atoms with Crippen LogP contribution in [0.15, 0.2) is 18.2 Å². The van der Waals surface area contributed by atoms with Gasteiger partial charge < -0.3 is 14.8 Å². The molecule has 110 valence electrons. The van der Waals surface area contributed by atoms with E-state index < -0.39 is 0 Å². The molecule has 1 aliphatic carbocycles. The summed E-state index contributed by atoms with van der Waals surface area (Å²) in [4.78, 5) is 0. The molecule has 2 fully saturated rings. The van der Waals surface area contributed by atoms with Crippen LogP contribution < -0.4 is 10.1 Å². The zero-order valence-corrected chi connectivity index (χ0v) is 12.5. The molecule has 3 atom stereocenters. The van der Waals surface area contributed by atoms with Crippen LogP contribution in [0.2, 0.25) is 0 Å². The fourth-order valence-corrected chi connectivity index (χ4v) is 3.54. The Hall–Kier alpha value is -1.06. The minimum absolute atomic E-state index is 0.107. The predicted molar refractivity (Wildman–Crippen MR) is 80.2 cm³/mol. The van der Waals surface area contributed by atoms with E-state index in [1.165, 1.54) is 36.8 Å². The third kappa shape index (κ3) is 2.84. The minimum Gasteiger partial charge on any atom is -0.496 e. The fraction of sp³-hybridized carbons (Fsp3) is 0.647. The van der Waals surface area contributed by atoms with Gasteiger partial charge in [-0.1, -0.05) is 24.5 Å². The highest BCUT2D eigenvalue weighted by Gasteiger charge is 2.30. The third-order valence-electron chi connectivity index (χ3n) is 4.72. The monoisotopic (exact) mass is 275 g/mol. The number of hydrogen-bond donors (Lipinski definition) is 1. The van der Waals surface area contributed by atoms with Gasteiger partial charge in [0, 0.05) is 18.2 Å². The molecule has 1 N–H and O–H groups in total. The van der Waals surface area contributed by atoms with Crippen molar-refractivity contribution in [1.82, 2.24) is 5.32 Å². The van der Waals surface area contributed by atoms with Gasteiger partial charge in [-0.2, -0.15) is 0 Å². The maximum Gasteiger partial charge on any atom is 0.124 e. The van der Waals surface area contributed by atoms with Crippen molar-refractivity contribution in [1.29, 1.82) is 0 Å². The molecular weight excluding hydrogens is 250 g/mol. The molecule has 0 spiro atoms. The van der Waals surface area contributed by atoms with Crippen molar-refractivity contribution in [2.45, 2.75) is 44.8 Å². The van der Waals surface area contributed by atoms with Crippen LogP contribution >= 0.6 is 0 Å². The quantitative estimate of drug-likeness (QED) is 0.899. The van der Waals surface area contributed by atoms with Crippen molar-refractivity contribution in [3.8, 4) is 5.75 Å². The highest BCUT2D eigenvalue weighted by Crippen LogP contribution is 2.33. The van der Waals surface area contributed by atoms with E-state index in [9.17, 15) is 0 Å². The minimum atomic E-state index is 0.107. The predicted octanol–water partition coefficient (Wildman–Crippen LogP) is 3.22. The lowest BCUT2D eigenvalue weighted by atomic mass is 9.85. The second-order valence-corrected chi connectivity index (χ2v) is 6.13. The zero-order valence-electron chi connectivity index (χ0n) is 12.5. The van der Waals surface area contributed by atoms with Crippen molar-refractivity contribution < 1.29 is 9.47 Å². The van der Waals surface area contributed by atoms with Gasteiger partial charge in [0.1, 0.15) is 5.75 Å². The molecule has 2 aliphatic rings. The van der Waals surface area contributed by atoms with Gasteiger partial charge in [-0.25, -0.2) is 0 Å². The first-order valence-corrected chi connectivity index (χ1v) is 7.77. The van der Waals surface area contributed by atoms with E-state index in [1.54, 1.807) is 7.11 Å². The van der Waals surface area contributed by atoms with Gasteiger partial charge in [-0.05, 0) is 37.8 Å². The SMILES string of the molecule is COc1ccc(C)cc1C1CNC2CCCCC2CO1. The molecule has 3 unspecified atom stereocenters. The maximum atomic E-state index is 6.21. The molecule has 20 heavy (non-hydrogen) atoms.